The molecule has 0 aliphatic rings. The van der Waals surface area contributed by atoms with Crippen molar-refractivity contribution < 1.29 is 0 Å². The molecule has 0 atom stereocenters. The van der Waals surface area contributed by atoms with Gasteiger partial charge in [-0.1, -0.05) is 0 Å². The Bertz CT molecular complexity index is 450. The number of benzene rings is 1. The second-order valence-corrected chi connectivity index (χ2v) is 6.01. The maximum atomic E-state index is 5.79. The van der Waals surface area contributed by atoms with Crippen LogP contribution in [0.2, 0.25) is 0 Å². The molecule has 1 heterocycles. The molecule has 0 unspecified atom stereocenters. The molecular formula is C9H6ClIS2. The molecule has 0 fully saturated rings. The summed E-state index contributed by atoms with van der Waals surface area (Å²) in [5.74, 6) is 0.575. The number of thiophene rings is 1. The molecule has 2 aromatic rings. The number of halogens is 2. The highest BCUT2D eigenvalue weighted by atomic mass is 127. The third kappa shape index (κ3) is 1.98. The van der Waals surface area contributed by atoms with E-state index >= 15 is 0 Å². The predicted octanol–water partition coefficient (Wildman–Crippen LogP) is 4.53. The van der Waals surface area contributed by atoms with Crippen molar-refractivity contribution in [3.8, 4) is 0 Å². The predicted molar refractivity (Wildman–Crippen MR) is 71.4 cm³/mol. The summed E-state index contributed by atoms with van der Waals surface area (Å²) in [5, 5.41) is 1.28. The molecule has 1 aromatic heterocycles. The van der Waals surface area contributed by atoms with Crippen LogP contribution in [0.25, 0.3) is 10.1 Å². The third-order valence-electron chi connectivity index (χ3n) is 1.79. The molecule has 0 N–H and O–H groups in total. The second-order valence-electron chi connectivity index (χ2n) is 2.71. The number of fused-ring (bicyclic) bond motifs is 1. The fourth-order valence-corrected chi connectivity index (χ4v) is 3.71. The first-order chi connectivity index (χ1) is 6.20. The number of thiol groups is 1. The van der Waals surface area contributed by atoms with Crippen LogP contribution in [0.1, 0.15) is 5.56 Å². The summed E-state index contributed by atoms with van der Waals surface area (Å²) >= 11 is 14.2. The van der Waals surface area contributed by atoms with E-state index in [2.05, 4.69) is 53.4 Å². The van der Waals surface area contributed by atoms with Crippen LogP contribution in [-0.2, 0) is 5.88 Å². The molecule has 0 amide bonds. The fraction of sp³-hybridized carbons (Fsp3) is 0.111. The first-order valence-corrected chi connectivity index (χ1v) is 6.55. The first kappa shape index (κ1) is 10.1. The van der Waals surface area contributed by atoms with E-state index in [0.717, 1.165) is 4.21 Å². The Labute approximate surface area is 105 Å². The Morgan fingerprint density at radius 3 is 2.85 bits per heavy atom. The van der Waals surface area contributed by atoms with E-state index in [1.807, 2.05) is 0 Å². The number of rotatable bonds is 1. The molecule has 0 saturated carbocycles. The van der Waals surface area contributed by atoms with Crippen LogP contribution < -0.4 is 0 Å². The van der Waals surface area contributed by atoms with Crippen molar-refractivity contribution in [2.75, 3.05) is 0 Å². The molecule has 0 aliphatic heterocycles. The molecule has 0 saturated heterocycles. The van der Waals surface area contributed by atoms with Crippen molar-refractivity contribution in [2.45, 2.75) is 10.1 Å². The minimum absolute atomic E-state index is 0.575. The zero-order valence-corrected chi connectivity index (χ0v) is 11.2. The summed E-state index contributed by atoms with van der Waals surface area (Å²) in [7, 11) is 0. The van der Waals surface area contributed by atoms with Crippen molar-refractivity contribution in [3.05, 3.63) is 27.3 Å². The topological polar surface area (TPSA) is 0 Å². The van der Waals surface area contributed by atoms with Crippen LogP contribution in [0.3, 0.4) is 0 Å². The van der Waals surface area contributed by atoms with E-state index in [0.29, 0.717) is 5.88 Å². The van der Waals surface area contributed by atoms with Gasteiger partial charge in [0.2, 0.25) is 0 Å². The minimum Gasteiger partial charge on any atom is -0.133 e. The van der Waals surface area contributed by atoms with Crippen LogP contribution >= 0.6 is 58.2 Å². The molecule has 1 aromatic carbocycles. The normalized spacial score (nSPS) is 11.0. The summed E-state index contributed by atoms with van der Waals surface area (Å²) in [6.07, 6.45) is 0. The Kier molecular flexibility index (Phi) is 3.07. The van der Waals surface area contributed by atoms with Gasteiger partial charge in [0.15, 0.2) is 0 Å². The lowest BCUT2D eigenvalue weighted by atomic mass is 10.2. The zero-order valence-electron chi connectivity index (χ0n) is 6.55. The molecule has 13 heavy (non-hydrogen) atoms. The van der Waals surface area contributed by atoms with Crippen LogP contribution in [0.4, 0.5) is 0 Å². The summed E-state index contributed by atoms with van der Waals surface area (Å²) in [6, 6.07) is 6.35. The monoisotopic (exact) mass is 340 g/mol. The largest absolute Gasteiger partial charge is 0.133 e. The Morgan fingerprint density at radius 2 is 2.15 bits per heavy atom. The van der Waals surface area contributed by atoms with Crippen LogP contribution in [0.5, 0.6) is 0 Å². The van der Waals surface area contributed by atoms with E-state index in [1.165, 1.54) is 19.2 Å². The summed E-state index contributed by atoms with van der Waals surface area (Å²) in [5.41, 5.74) is 1.17. The van der Waals surface area contributed by atoms with Gasteiger partial charge in [-0.15, -0.1) is 35.6 Å². The van der Waals surface area contributed by atoms with Crippen molar-refractivity contribution in [3.63, 3.8) is 0 Å². The molecular weight excluding hydrogens is 335 g/mol. The smallest absolute Gasteiger partial charge is 0.0581 e. The molecule has 0 nitrogen and oxygen atoms in total. The average molecular weight is 341 g/mol. The quantitative estimate of drug-likeness (QED) is 0.440. The van der Waals surface area contributed by atoms with Gasteiger partial charge in [-0.3, -0.25) is 0 Å². The molecule has 4 heteroatoms. The lowest BCUT2D eigenvalue weighted by Crippen LogP contribution is -1.79. The summed E-state index contributed by atoms with van der Waals surface area (Å²) in [4.78, 5) is 0. The highest BCUT2D eigenvalue weighted by Crippen LogP contribution is 2.32. The van der Waals surface area contributed by atoms with Crippen LogP contribution in [0.15, 0.2) is 22.4 Å². The van der Waals surface area contributed by atoms with E-state index in [1.54, 1.807) is 11.3 Å². The van der Waals surface area contributed by atoms with Crippen molar-refractivity contribution in [1.82, 2.24) is 0 Å². The lowest BCUT2D eigenvalue weighted by molar-refractivity contribution is 1.42. The average Bonchev–Trinajstić information content (AvgIpc) is 2.46. The van der Waals surface area contributed by atoms with Gasteiger partial charge in [0, 0.05) is 19.5 Å². The fourth-order valence-electron chi connectivity index (χ4n) is 1.21. The highest BCUT2D eigenvalue weighted by Gasteiger charge is 2.04. The number of hydrogen-bond donors (Lipinski definition) is 1. The number of alkyl halides is 1. The SMILES string of the molecule is Sc1cc2c(I)cc(CCl)cc2s1. The van der Waals surface area contributed by atoms with Gasteiger partial charge in [0.25, 0.3) is 0 Å². The maximum absolute atomic E-state index is 5.79. The zero-order chi connectivity index (χ0) is 9.42. The van der Waals surface area contributed by atoms with Crippen LogP contribution in [0, 0.1) is 3.57 Å². The van der Waals surface area contributed by atoms with Gasteiger partial charge in [-0.05, 0) is 46.4 Å². The lowest BCUT2D eigenvalue weighted by Gasteiger charge is -1.98. The summed E-state index contributed by atoms with van der Waals surface area (Å²) < 4.78 is 3.58. The van der Waals surface area contributed by atoms with Gasteiger partial charge in [0.1, 0.15) is 0 Å². The van der Waals surface area contributed by atoms with E-state index in [4.69, 9.17) is 11.6 Å². The molecule has 0 radical (unpaired) electrons. The molecule has 0 bridgehead atoms. The Hall–Kier alpha value is 0.550. The van der Waals surface area contributed by atoms with Gasteiger partial charge in [-0.25, -0.2) is 0 Å². The Balaban J connectivity index is 2.75. The third-order valence-corrected chi connectivity index (χ3v) is 4.28. The highest BCUT2D eigenvalue weighted by molar-refractivity contribution is 14.1. The van der Waals surface area contributed by atoms with Gasteiger partial charge in [0.05, 0.1) is 4.21 Å². The molecule has 0 spiro atoms. The minimum atomic E-state index is 0.575. The Morgan fingerprint density at radius 1 is 1.38 bits per heavy atom. The van der Waals surface area contributed by atoms with Gasteiger partial charge in [-0.2, -0.15) is 0 Å². The number of hydrogen-bond acceptors (Lipinski definition) is 2. The van der Waals surface area contributed by atoms with Crippen molar-refractivity contribution in [1.29, 1.82) is 0 Å². The van der Waals surface area contributed by atoms with Gasteiger partial charge < -0.3 is 0 Å². The van der Waals surface area contributed by atoms with Crippen LogP contribution in [-0.4, -0.2) is 0 Å². The molecule has 68 valence electrons. The maximum Gasteiger partial charge on any atom is 0.0581 e. The molecule has 2 rings (SSSR count). The van der Waals surface area contributed by atoms with Crippen molar-refractivity contribution >= 4 is 68.2 Å². The van der Waals surface area contributed by atoms with Crippen molar-refractivity contribution in [2.24, 2.45) is 0 Å². The van der Waals surface area contributed by atoms with E-state index in [9.17, 15) is 0 Å². The van der Waals surface area contributed by atoms with E-state index < -0.39 is 0 Å². The molecule has 0 aliphatic carbocycles. The van der Waals surface area contributed by atoms with E-state index in [-0.39, 0.29) is 0 Å². The summed E-state index contributed by atoms with van der Waals surface area (Å²) in [6.45, 7) is 0. The van der Waals surface area contributed by atoms with Gasteiger partial charge >= 0.3 is 0 Å². The standard InChI is InChI=1S/C9H6ClIS2/c10-4-5-1-7(11)6-3-9(12)13-8(6)2-5/h1-3,12H,4H2. The second kappa shape index (κ2) is 3.96. The first-order valence-electron chi connectivity index (χ1n) is 3.67.